The maximum atomic E-state index is 9.70. The van der Waals surface area contributed by atoms with Gasteiger partial charge < -0.3 is 10.5 Å². The Morgan fingerprint density at radius 1 is 1.15 bits per heavy atom. The Morgan fingerprint density at radius 3 is 2.62 bits per heavy atom. The maximum absolute atomic E-state index is 9.70. The van der Waals surface area contributed by atoms with Crippen LogP contribution in [0.2, 0.25) is 10.0 Å². The molecular weight excluding hydrogens is 371 g/mol. The van der Waals surface area contributed by atoms with E-state index < -0.39 is 5.92 Å². The number of nitrogens with two attached hydrogens (primary N) is 1. The topological polar surface area (TPSA) is 87.7 Å². The molecule has 128 valence electrons. The molecule has 2 heterocycles. The van der Waals surface area contributed by atoms with Crippen LogP contribution in [0.1, 0.15) is 17.0 Å². The van der Waals surface area contributed by atoms with Crippen molar-refractivity contribution in [3.8, 4) is 23.2 Å². The van der Waals surface area contributed by atoms with Crippen LogP contribution >= 0.6 is 23.2 Å². The zero-order valence-electron chi connectivity index (χ0n) is 13.3. The lowest BCUT2D eigenvalue weighted by molar-refractivity contribution is 0.379. The van der Waals surface area contributed by atoms with Crippen molar-refractivity contribution >= 4 is 23.2 Å². The average molecular weight is 383 g/mol. The number of allylic oxidation sites excluding steroid dienone is 1. The summed E-state index contributed by atoms with van der Waals surface area (Å²) in [6, 6.07) is 17.0. The maximum Gasteiger partial charge on any atom is 0.244 e. The van der Waals surface area contributed by atoms with Crippen molar-refractivity contribution in [2.45, 2.75) is 5.92 Å². The molecule has 0 radical (unpaired) electrons. The van der Waals surface area contributed by atoms with Gasteiger partial charge in [-0.25, -0.2) is 0 Å². The van der Waals surface area contributed by atoms with Crippen LogP contribution in [0, 0.1) is 11.3 Å². The average Bonchev–Trinajstić information content (AvgIpc) is 3.05. The van der Waals surface area contributed by atoms with E-state index in [9.17, 15) is 5.26 Å². The minimum Gasteiger partial charge on any atom is -0.420 e. The second-order valence-electron chi connectivity index (χ2n) is 5.77. The standard InChI is InChI=1S/C19H12Cl2N4O/c20-11-6-7-12(14(21)8-11)15-13(9-22)18(23)26-19-16(15)17(24-25-19)10-4-2-1-3-5-10/h1-8,15H,23H2,(H,24,25). The van der Waals surface area contributed by atoms with Crippen molar-refractivity contribution < 1.29 is 4.74 Å². The van der Waals surface area contributed by atoms with E-state index >= 15 is 0 Å². The predicted octanol–water partition coefficient (Wildman–Crippen LogP) is 4.60. The number of H-pyrrole nitrogens is 1. The van der Waals surface area contributed by atoms with Gasteiger partial charge in [-0.1, -0.05) is 59.6 Å². The first-order valence-electron chi connectivity index (χ1n) is 7.76. The Hall–Kier alpha value is -2.94. The molecule has 0 spiro atoms. The van der Waals surface area contributed by atoms with Crippen LogP contribution in [0.4, 0.5) is 0 Å². The third-order valence-electron chi connectivity index (χ3n) is 4.27. The highest BCUT2D eigenvalue weighted by molar-refractivity contribution is 6.35. The van der Waals surface area contributed by atoms with Gasteiger partial charge in [-0.3, -0.25) is 5.10 Å². The summed E-state index contributed by atoms with van der Waals surface area (Å²) in [5.41, 5.74) is 9.33. The molecule has 0 fully saturated rings. The van der Waals surface area contributed by atoms with Gasteiger partial charge >= 0.3 is 0 Å². The van der Waals surface area contributed by atoms with E-state index in [1.807, 2.05) is 30.3 Å². The first kappa shape index (κ1) is 16.5. The van der Waals surface area contributed by atoms with Gasteiger partial charge in [0.25, 0.3) is 0 Å². The molecule has 1 aromatic heterocycles. The Bertz CT molecular complexity index is 1070. The number of hydrogen-bond acceptors (Lipinski definition) is 4. The summed E-state index contributed by atoms with van der Waals surface area (Å²) >= 11 is 12.5. The number of benzene rings is 2. The Labute approximate surface area is 159 Å². The molecule has 3 N–H and O–H groups in total. The normalized spacial score (nSPS) is 16.0. The number of hydrogen-bond donors (Lipinski definition) is 2. The summed E-state index contributed by atoms with van der Waals surface area (Å²) in [5, 5.41) is 17.9. The number of rotatable bonds is 2. The fraction of sp³-hybridized carbons (Fsp3) is 0.0526. The van der Waals surface area contributed by atoms with Crippen molar-refractivity contribution in [3.05, 3.63) is 81.2 Å². The third-order valence-corrected chi connectivity index (χ3v) is 4.84. The molecule has 4 rings (SSSR count). The summed E-state index contributed by atoms with van der Waals surface area (Å²) in [4.78, 5) is 0. The molecule has 1 unspecified atom stereocenters. The summed E-state index contributed by atoms with van der Waals surface area (Å²) < 4.78 is 5.58. The fourth-order valence-corrected chi connectivity index (χ4v) is 3.63. The van der Waals surface area contributed by atoms with E-state index in [4.69, 9.17) is 33.7 Å². The number of nitriles is 1. The number of halogens is 2. The van der Waals surface area contributed by atoms with E-state index in [1.54, 1.807) is 18.2 Å². The van der Waals surface area contributed by atoms with Gasteiger partial charge in [0.1, 0.15) is 11.6 Å². The van der Waals surface area contributed by atoms with E-state index in [-0.39, 0.29) is 11.5 Å². The van der Waals surface area contributed by atoms with Gasteiger partial charge in [0, 0.05) is 10.0 Å². The first-order chi connectivity index (χ1) is 12.6. The summed E-state index contributed by atoms with van der Waals surface area (Å²) in [7, 11) is 0. The van der Waals surface area contributed by atoms with Gasteiger partial charge in [0.2, 0.25) is 11.8 Å². The summed E-state index contributed by atoms with van der Waals surface area (Å²) in [6.07, 6.45) is 0. The number of nitrogens with one attached hydrogen (secondary N) is 1. The molecule has 0 saturated carbocycles. The van der Waals surface area contributed by atoms with E-state index in [0.717, 1.165) is 11.3 Å². The molecule has 1 aliphatic heterocycles. The monoisotopic (exact) mass is 382 g/mol. The first-order valence-corrected chi connectivity index (χ1v) is 8.52. The zero-order chi connectivity index (χ0) is 18.3. The Kier molecular flexibility index (Phi) is 4.08. The Balaban J connectivity index is 1.99. The van der Waals surface area contributed by atoms with E-state index in [0.29, 0.717) is 27.1 Å². The molecule has 3 aromatic rings. The van der Waals surface area contributed by atoms with E-state index in [2.05, 4.69) is 16.3 Å². The molecule has 7 heteroatoms. The molecule has 5 nitrogen and oxygen atoms in total. The second-order valence-corrected chi connectivity index (χ2v) is 6.62. The van der Waals surface area contributed by atoms with Crippen molar-refractivity contribution in [2.24, 2.45) is 5.73 Å². The van der Waals surface area contributed by atoms with Crippen LogP contribution in [0.25, 0.3) is 11.3 Å². The van der Waals surface area contributed by atoms with Crippen LogP contribution in [0.15, 0.2) is 60.0 Å². The van der Waals surface area contributed by atoms with E-state index in [1.165, 1.54) is 0 Å². The summed E-state index contributed by atoms with van der Waals surface area (Å²) in [5.74, 6) is -0.166. The molecule has 1 aliphatic rings. The molecule has 0 aliphatic carbocycles. The minimum atomic E-state index is -0.512. The van der Waals surface area contributed by atoms with Gasteiger partial charge in [-0.15, -0.1) is 5.10 Å². The molecule has 0 amide bonds. The van der Waals surface area contributed by atoms with Gasteiger partial charge in [-0.05, 0) is 23.3 Å². The summed E-state index contributed by atoms with van der Waals surface area (Å²) in [6.45, 7) is 0. The molecule has 26 heavy (non-hydrogen) atoms. The molecule has 2 aromatic carbocycles. The molecule has 1 atom stereocenters. The SMILES string of the molecule is N#CC1=C(N)Oc2n[nH]c(-c3ccccc3)c2C1c1ccc(Cl)cc1Cl. The lowest BCUT2D eigenvalue weighted by atomic mass is 9.83. The number of ether oxygens (including phenoxy) is 1. The minimum absolute atomic E-state index is 0.0159. The van der Waals surface area contributed by atoms with Crippen molar-refractivity contribution in [1.29, 1.82) is 5.26 Å². The van der Waals surface area contributed by atoms with Crippen LogP contribution in [0.3, 0.4) is 0 Å². The number of aromatic amines is 1. The largest absolute Gasteiger partial charge is 0.420 e. The lowest BCUT2D eigenvalue weighted by Crippen LogP contribution is -2.21. The van der Waals surface area contributed by atoms with Crippen molar-refractivity contribution in [2.75, 3.05) is 0 Å². The predicted molar refractivity (Wildman–Crippen MR) is 99.8 cm³/mol. The highest BCUT2D eigenvalue weighted by Crippen LogP contribution is 2.47. The van der Waals surface area contributed by atoms with Gasteiger partial charge in [-0.2, -0.15) is 5.26 Å². The van der Waals surface area contributed by atoms with Crippen molar-refractivity contribution in [3.63, 3.8) is 0 Å². The van der Waals surface area contributed by atoms with Crippen LogP contribution in [0.5, 0.6) is 5.88 Å². The highest BCUT2D eigenvalue weighted by atomic mass is 35.5. The van der Waals surface area contributed by atoms with Crippen LogP contribution in [-0.4, -0.2) is 10.2 Å². The van der Waals surface area contributed by atoms with Crippen molar-refractivity contribution in [1.82, 2.24) is 10.2 Å². The number of aromatic nitrogens is 2. The smallest absolute Gasteiger partial charge is 0.244 e. The van der Waals surface area contributed by atoms with Gasteiger partial charge in [0.05, 0.1) is 17.2 Å². The molecular formula is C19H12Cl2N4O. The third kappa shape index (κ3) is 2.60. The highest BCUT2D eigenvalue weighted by Gasteiger charge is 2.36. The molecule has 0 saturated heterocycles. The lowest BCUT2D eigenvalue weighted by Gasteiger charge is -2.24. The van der Waals surface area contributed by atoms with Crippen LogP contribution in [-0.2, 0) is 0 Å². The molecule has 0 bridgehead atoms. The fourth-order valence-electron chi connectivity index (χ4n) is 3.12. The van der Waals surface area contributed by atoms with Crippen LogP contribution < -0.4 is 10.5 Å². The van der Waals surface area contributed by atoms with Gasteiger partial charge in [0.15, 0.2) is 0 Å². The Morgan fingerprint density at radius 2 is 1.92 bits per heavy atom. The quantitative estimate of drug-likeness (QED) is 0.677. The second kappa shape index (κ2) is 6.41. The zero-order valence-corrected chi connectivity index (χ0v) is 14.8. The number of fused-ring (bicyclic) bond motifs is 1. The number of nitrogens with zero attached hydrogens (tertiary/aromatic N) is 2.